The van der Waals surface area contributed by atoms with Crippen LogP contribution in [-0.2, 0) is 0 Å². The first-order valence-corrected chi connectivity index (χ1v) is 2.77. The van der Waals surface area contributed by atoms with Crippen molar-refractivity contribution >= 4 is 8.51 Å². The van der Waals surface area contributed by atoms with Crippen molar-refractivity contribution in [1.29, 1.82) is 5.26 Å². The van der Waals surface area contributed by atoms with E-state index in [1.54, 1.807) is 0 Å². The van der Waals surface area contributed by atoms with Gasteiger partial charge in [0, 0.05) is 0 Å². The van der Waals surface area contributed by atoms with Crippen LogP contribution >= 0.6 is 8.51 Å². The zero-order valence-corrected chi connectivity index (χ0v) is 4.84. The van der Waals surface area contributed by atoms with Crippen molar-refractivity contribution in [2.45, 2.75) is 0 Å². The van der Waals surface area contributed by atoms with Crippen LogP contribution in [0.3, 0.4) is 0 Å². The molecule has 4 heteroatoms. The lowest BCUT2D eigenvalue weighted by Crippen LogP contribution is -1.72. The van der Waals surface area contributed by atoms with Gasteiger partial charge in [0.25, 0.3) is 0 Å². The summed E-state index contributed by atoms with van der Waals surface area (Å²) in [6, 6.07) is 1.92. The second-order valence-corrected chi connectivity index (χ2v) is 1.79. The van der Waals surface area contributed by atoms with E-state index in [4.69, 9.17) is 5.26 Å². The predicted molar refractivity (Wildman–Crippen MR) is 29.3 cm³/mol. The maximum absolute atomic E-state index is 8.22. The first-order chi connectivity index (χ1) is 3.93. The van der Waals surface area contributed by atoms with Gasteiger partial charge in [0.05, 0.1) is 18.0 Å². The van der Waals surface area contributed by atoms with E-state index >= 15 is 0 Å². The molecule has 0 aliphatic heterocycles. The van der Waals surface area contributed by atoms with Crippen molar-refractivity contribution in [2.24, 2.45) is 0 Å². The monoisotopic (exact) mass is 123 g/mol. The Balaban J connectivity index is 3.05. The Labute approximate surface area is 48.2 Å². The van der Waals surface area contributed by atoms with E-state index in [2.05, 4.69) is 9.49 Å². The number of hydrogen-bond acceptors (Lipinski definition) is 3. The molecule has 0 bridgehead atoms. The fourth-order valence-corrected chi connectivity index (χ4v) is 0.709. The number of nitriles is 1. The molecule has 0 fully saturated rings. The summed E-state index contributed by atoms with van der Waals surface area (Å²) in [6.45, 7) is 0. The minimum Gasteiger partial charge on any atom is -0.215 e. The summed E-state index contributed by atoms with van der Waals surface area (Å²) in [5.41, 5.74) is 0.517. The quantitative estimate of drug-likeness (QED) is 0.515. The molecular weight excluding hydrogens is 121 g/mol. The lowest BCUT2D eigenvalue weighted by molar-refractivity contribution is 1.36. The normalized spacial score (nSPS) is 7.88. The summed E-state index contributed by atoms with van der Waals surface area (Å²) in [4.78, 5) is 0. The smallest absolute Gasteiger partial charge is 0.154 e. The van der Waals surface area contributed by atoms with Gasteiger partial charge in [-0.25, -0.2) is 9.49 Å². The lowest BCUT2D eigenvalue weighted by atomic mass is 10.4. The molecule has 0 radical (unpaired) electrons. The van der Waals surface area contributed by atoms with Gasteiger partial charge in [0.2, 0.25) is 0 Å². The number of nitrogens with zero attached hydrogens (tertiary/aromatic N) is 3. The molecule has 0 saturated heterocycles. The van der Waals surface area contributed by atoms with Gasteiger partial charge in [0.15, 0.2) is 8.51 Å². The minimum atomic E-state index is 0.517. The third-order valence-corrected chi connectivity index (χ3v) is 1.06. The summed E-state index contributed by atoms with van der Waals surface area (Å²) in [5.74, 6) is 0. The van der Waals surface area contributed by atoms with Crippen molar-refractivity contribution < 1.29 is 0 Å². The minimum absolute atomic E-state index is 0.517. The average molecular weight is 123 g/mol. The highest BCUT2D eigenvalue weighted by atomic mass is 31.1. The SMILES string of the molecule is N#Cc1cnpnc1. The maximum atomic E-state index is 8.22. The molecule has 0 aliphatic rings. The van der Waals surface area contributed by atoms with Crippen LogP contribution in [0.2, 0.25) is 0 Å². The highest BCUT2D eigenvalue weighted by Gasteiger charge is 1.82. The molecule has 0 amide bonds. The largest absolute Gasteiger partial charge is 0.215 e. The maximum Gasteiger partial charge on any atom is 0.154 e. The van der Waals surface area contributed by atoms with Crippen LogP contribution < -0.4 is 0 Å². The lowest BCUT2D eigenvalue weighted by Gasteiger charge is -1.77. The first kappa shape index (κ1) is 5.14. The molecule has 1 heterocycles. The highest BCUT2D eigenvalue weighted by molar-refractivity contribution is 7.20. The molecule has 0 N–H and O–H groups in total. The Morgan fingerprint density at radius 3 is 2.50 bits per heavy atom. The van der Waals surface area contributed by atoms with Gasteiger partial charge in [-0.2, -0.15) is 5.26 Å². The van der Waals surface area contributed by atoms with Crippen molar-refractivity contribution in [3.63, 3.8) is 0 Å². The standard InChI is InChI=1S/C4H2N3P/c5-1-4-2-6-8-7-3-4/h2-3H. The molecule has 1 aromatic rings. The van der Waals surface area contributed by atoms with Crippen LogP contribution in [0.25, 0.3) is 0 Å². The van der Waals surface area contributed by atoms with Crippen molar-refractivity contribution in [3.8, 4) is 6.07 Å². The molecule has 38 valence electrons. The molecular formula is C4H2N3P. The number of hydrogen-bond donors (Lipinski definition) is 0. The van der Waals surface area contributed by atoms with Crippen molar-refractivity contribution in [1.82, 2.24) is 9.49 Å². The highest BCUT2D eigenvalue weighted by Crippen LogP contribution is 1.93. The van der Waals surface area contributed by atoms with Crippen LogP contribution in [0.4, 0.5) is 0 Å². The second-order valence-electron chi connectivity index (χ2n) is 1.15. The van der Waals surface area contributed by atoms with Crippen LogP contribution in [0.1, 0.15) is 5.56 Å². The van der Waals surface area contributed by atoms with E-state index in [0.29, 0.717) is 14.1 Å². The Kier molecular flexibility index (Phi) is 1.51. The van der Waals surface area contributed by atoms with E-state index in [1.807, 2.05) is 6.07 Å². The van der Waals surface area contributed by atoms with E-state index < -0.39 is 0 Å². The summed E-state index contributed by atoms with van der Waals surface area (Å²) in [6.07, 6.45) is 3.02. The average Bonchev–Trinajstić information content (AvgIpc) is 1.90. The number of aromatic nitrogens is 2. The second kappa shape index (κ2) is 2.34. The Hall–Kier alpha value is -1.000. The molecule has 0 spiro atoms. The number of rotatable bonds is 0. The molecule has 1 rings (SSSR count). The van der Waals surface area contributed by atoms with Crippen molar-refractivity contribution in [2.75, 3.05) is 0 Å². The Bertz CT molecular complexity index is 202. The van der Waals surface area contributed by atoms with Crippen molar-refractivity contribution in [3.05, 3.63) is 18.0 Å². The van der Waals surface area contributed by atoms with Crippen LogP contribution in [0.15, 0.2) is 12.4 Å². The molecule has 8 heavy (non-hydrogen) atoms. The van der Waals surface area contributed by atoms with Crippen LogP contribution in [-0.4, -0.2) is 9.49 Å². The third kappa shape index (κ3) is 0.988. The Morgan fingerprint density at radius 1 is 1.50 bits per heavy atom. The summed E-state index contributed by atoms with van der Waals surface area (Å²) in [5, 5.41) is 8.22. The van der Waals surface area contributed by atoms with E-state index in [0.717, 1.165) is 0 Å². The van der Waals surface area contributed by atoms with Crippen LogP contribution in [0.5, 0.6) is 0 Å². The van der Waals surface area contributed by atoms with E-state index in [9.17, 15) is 0 Å². The van der Waals surface area contributed by atoms with Gasteiger partial charge in [-0.15, -0.1) is 0 Å². The summed E-state index contributed by atoms with van der Waals surface area (Å²) >= 11 is 0. The van der Waals surface area contributed by atoms with Gasteiger partial charge in [-0.3, -0.25) is 0 Å². The zero-order valence-electron chi connectivity index (χ0n) is 3.94. The zero-order chi connectivity index (χ0) is 5.82. The molecule has 3 nitrogen and oxygen atoms in total. The fourth-order valence-electron chi connectivity index (χ4n) is 0.297. The predicted octanol–water partition coefficient (Wildman–Crippen LogP) is 0.928. The van der Waals surface area contributed by atoms with Gasteiger partial charge < -0.3 is 0 Å². The van der Waals surface area contributed by atoms with Gasteiger partial charge in [-0.1, -0.05) is 0 Å². The van der Waals surface area contributed by atoms with Gasteiger partial charge in [0.1, 0.15) is 6.07 Å². The van der Waals surface area contributed by atoms with E-state index in [-0.39, 0.29) is 0 Å². The van der Waals surface area contributed by atoms with Crippen LogP contribution in [0, 0.1) is 11.3 Å². The van der Waals surface area contributed by atoms with Gasteiger partial charge >= 0.3 is 0 Å². The molecule has 0 aromatic carbocycles. The molecule has 0 atom stereocenters. The third-order valence-electron chi connectivity index (χ3n) is 0.626. The van der Waals surface area contributed by atoms with Gasteiger partial charge in [-0.05, 0) is 0 Å². The molecule has 0 unspecified atom stereocenters. The molecule has 0 saturated carbocycles. The molecule has 0 aliphatic carbocycles. The summed E-state index contributed by atoms with van der Waals surface area (Å²) in [7, 11) is 0.669. The summed E-state index contributed by atoms with van der Waals surface area (Å²) < 4.78 is 7.44. The topological polar surface area (TPSA) is 49.6 Å². The Morgan fingerprint density at radius 2 is 2.12 bits per heavy atom. The fraction of sp³-hybridized carbons (Fsp3) is 0. The first-order valence-electron chi connectivity index (χ1n) is 1.97. The van der Waals surface area contributed by atoms with E-state index in [1.165, 1.54) is 12.4 Å². The molecule has 1 aromatic heterocycles.